The van der Waals surface area contributed by atoms with Crippen LogP contribution in [0.4, 0.5) is 0 Å². The summed E-state index contributed by atoms with van der Waals surface area (Å²) in [4.78, 5) is 9.00. The second-order valence-electron chi connectivity index (χ2n) is 5.75. The first-order valence-corrected chi connectivity index (χ1v) is 9.32. The van der Waals surface area contributed by atoms with Gasteiger partial charge in [-0.1, -0.05) is 36.4 Å². The van der Waals surface area contributed by atoms with Crippen LogP contribution in [-0.4, -0.2) is 25.2 Å². The van der Waals surface area contributed by atoms with Crippen molar-refractivity contribution >= 4 is 41.3 Å². The minimum absolute atomic E-state index is 0. The zero-order valence-electron chi connectivity index (χ0n) is 15.7. The Morgan fingerprint density at radius 1 is 1.11 bits per heavy atom. The molecule has 3 N–H and O–H groups in total. The number of ether oxygens (including phenoxy) is 2. The number of rotatable bonds is 7. The van der Waals surface area contributed by atoms with Gasteiger partial charge in [0.1, 0.15) is 5.01 Å². The molecule has 0 unspecified atom stereocenters. The van der Waals surface area contributed by atoms with Crippen molar-refractivity contribution in [3.05, 3.63) is 65.2 Å². The van der Waals surface area contributed by atoms with E-state index in [1.54, 1.807) is 25.6 Å². The summed E-state index contributed by atoms with van der Waals surface area (Å²) < 4.78 is 10.5. The highest BCUT2D eigenvalue weighted by molar-refractivity contribution is 14.0. The summed E-state index contributed by atoms with van der Waals surface area (Å²) in [5.74, 6) is 1.74. The molecule has 0 bridgehead atoms. The van der Waals surface area contributed by atoms with E-state index in [9.17, 15) is 0 Å². The van der Waals surface area contributed by atoms with Crippen molar-refractivity contribution in [2.45, 2.75) is 13.1 Å². The van der Waals surface area contributed by atoms with Crippen LogP contribution in [0.5, 0.6) is 11.5 Å². The van der Waals surface area contributed by atoms with Gasteiger partial charge in [0.05, 0.1) is 33.0 Å². The van der Waals surface area contributed by atoms with Gasteiger partial charge in [-0.05, 0) is 17.7 Å². The lowest BCUT2D eigenvalue weighted by Gasteiger charge is -2.09. The van der Waals surface area contributed by atoms with E-state index in [4.69, 9.17) is 15.2 Å². The Labute approximate surface area is 185 Å². The van der Waals surface area contributed by atoms with E-state index in [1.165, 1.54) is 0 Å². The molecule has 0 spiro atoms. The molecule has 0 saturated heterocycles. The van der Waals surface area contributed by atoms with Crippen molar-refractivity contribution in [3.63, 3.8) is 0 Å². The molecule has 0 atom stereocenters. The quantitative estimate of drug-likeness (QED) is 0.285. The summed E-state index contributed by atoms with van der Waals surface area (Å²) in [6.45, 7) is 0.982. The topological polar surface area (TPSA) is 81.8 Å². The molecule has 148 valence electrons. The van der Waals surface area contributed by atoms with E-state index in [0.29, 0.717) is 30.5 Å². The highest BCUT2D eigenvalue weighted by atomic mass is 127. The number of guanidine groups is 1. The largest absolute Gasteiger partial charge is 0.493 e. The van der Waals surface area contributed by atoms with Crippen molar-refractivity contribution in [3.8, 4) is 22.1 Å². The molecule has 8 heteroatoms. The molecule has 0 aliphatic carbocycles. The number of nitrogens with one attached hydrogen (secondary N) is 1. The number of nitrogens with zero attached hydrogens (tertiary/aromatic N) is 2. The summed E-state index contributed by atoms with van der Waals surface area (Å²) in [5, 5.41) is 6.12. The molecule has 0 aliphatic heterocycles. The van der Waals surface area contributed by atoms with E-state index >= 15 is 0 Å². The number of methoxy groups -OCH3 is 2. The number of thiazole rings is 1. The molecule has 3 rings (SSSR count). The lowest BCUT2D eigenvalue weighted by molar-refractivity contribution is 0.354. The Kier molecular flexibility index (Phi) is 8.52. The average Bonchev–Trinajstić information content (AvgIpc) is 3.20. The molecule has 0 fully saturated rings. The molecule has 3 aromatic rings. The van der Waals surface area contributed by atoms with E-state index in [2.05, 4.69) is 27.4 Å². The van der Waals surface area contributed by atoms with Crippen LogP contribution in [0.1, 0.15) is 11.3 Å². The van der Waals surface area contributed by atoms with Crippen LogP contribution in [-0.2, 0) is 13.1 Å². The molecule has 1 aromatic heterocycles. The molecule has 0 saturated carbocycles. The Balaban J connectivity index is 0.00000280. The Morgan fingerprint density at radius 3 is 2.57 bits per heavy atom. The minimum Gasteiger partial charge on any atom is -0.493 e. The van der Waals surface area contributed by atoms with Gasteiger partial charge in [0.2, 0.25) is 0 Å². The van der Waals surface area contributed by atoms with Gasteiger partial charge >= 0.3 is 0 Å². The number of halogens is 1. The Bertz CT molecular complexity index is 916. The number of aromatic nitrogens is 1. The highest BCUT2D eigenvalue weighted by Gasteiger charge is 2.06. The monoisotopic (exact) mass is 510 g/mol. The van der Waals surface area contributed by atoms with Gasteiger partial charge in [-0.2, -0.15) is 0 Å². The zero-order valence-corrected chi connectivity index (χ0v) is 18.9. The maximum absolute atomic E-state index is 5.97. The summed E-state index contributed by atoms with van der Waals surface area (Å²) in [6, 6.07) is 15.8. The van der Waals surface area contributed by atoms with Crippen LogP contribution < -0.4 is 20.5 Å². The Hall–Kier alpha value is -2.33. The number of benzene rings is 2. The molecular formula is C20H23IN4O2S. The third-order valence-electron chi connectivity index (χ3n) is 3.90. The lowest BCUT2D eigenvalue weighted by atomic mass is 10.2. The molecule has 6 nitrogen and oxygen atoms in total. The summed E-state index contributed by atoms with van der Waals surface area (Å²) in [6.07, 6.45) is 0. The van der Waals surface area contributed by atoms with E-state index in [-0.39, 0.29) is 24.0 Å². The van der Waals surface area contributed by atoms with Gasteiger partial charge in [0.15, 0.2) is 17.5 Å². The van der Waals surface area contributed by atoms with Crippen molar-refractivity contribution in [1.82, 2.24) is 10.3 Å². The zero-order chi connectivity index (χ0) is 19.1. The second kappa shape index (κ2) is 10.9. The fourth-order valence-electron chi connectivity index (χ4n) is 2.49. The summed E-state index contributed by atoms with van der Waals surface area (Å²) in [5.41, 5.74) is 9.00. The summed E-state index contributed by atoms with van der Waals surface area (Å²) in [7, 11) is 3.22. The lowest BCUT2D eigenvalue weighted by Crippen LogP contribution is -2.31. The van der Waals surface area contributed by atoms with Gasteiger partial charge in [-0.3, -0.25) is 0 Å². The first-order valence-electron chi connectivity index (χ1n) is 8.44. The molecule has 0 aliphatic rings. The first kappa shape index (κ1) is 22.0. The highest BCUT2D eigenvalue weighted by Crippen LogP contribution is 2.27. The van der Waals surface area contributed by atoms with Crippen LogP contribution in [0.2, 0.25) is 0 Å². The van der Waals surface area contributed by atoms with Crippen LogP contribution in [0.3, 0.4) is 0 Å². The third-order valence-corrected chi connectivity index (χ3v) is 4.84. The van der Waals surface area contributed by atoms with E-state index in [1.807, 2.05) is 41.8 Å². The fraction of sp³-hybridized carbons (Fsp3) is 0.200. The smallest absolute Gasteiger partial charge is 0.189 e. The number of hydrogen-bond acceptors (Lipinski definition) is 5. The van der Waals surface area contributed by atoms with Crippen LogP contribution in [0, 0.1) is 0 Å². The van der Waals surface area contributed by atoms with Crippen LogP contribution >= 0.6 is 35.3 Å². The van der Waals surface area contributed by atoms with E-state index < -0.39 is 0 Å². The maximum Gasteiger partial charge on any atom is 0.189 e. The SMILES string of the molecule is COc1ccc(CN=C(N)NCc2csc(-c3ccccc3)n2)cc1OC.I. The molecule has 2 aromatic carbocycles. The second-order valence-corrected chi connectivity index (χ2v) is 6.61. The van der Waals surface area contributed by atoms with Gasteiger partial charge < -0.3 is 20.5 Å². The number of nitrogens with two attached hydrogens (primary N) is 1. The summed E-state index contributed by atoms with van der Waals surface area (Å²) >= 11 is 1.61. The predicted molar refractivity (Wildman–Crippen MR) is 125 cm³/mol. The van der Waals surface area contributed by atoms with Crippen LogP contribution in [0.25, 0.3) is 10.6 Å². The van der Waals surface area contributed by atoms with Crippen molar-refractivity contribution in [1.29, 1.82) is 0 Å². The van der Waals surface area contributed by atoms with Gasteiger partial charge in [0.25, 0.3) is 0 Å². The van der Waals surface area contributed by atoms with E-state index in [0.717, 1.165) is 21.8 Å². The first-order chi connectivity index (χ1) is 13.2. The normalized spacial score (nSPS) is 10.9. The Morgan fingerprint density at radius 2 is 1.86 bits per heavy atom. The van der Waals surface area contributed by atoms with Gasteiger partial charge in [-0.25, -0.2) is 9.98 Å². The van der Waals surface area contributed by atoms with Crippen molar-refractivity contribution < 1.29 is 9.47 Å². The standard InChI is InChI=1S/C20H22N4O2S.HI/c1-25-17-9-8-14(10-18(17)26-2)11-22-20(21)23-12-16-13-27-19(24-16)15-6-4-3-5-7-15;/h3-10,13H,11-12H2,1-2H3,(H3,21,22,23);1H. The fourth-order valence-corrected chi connectivity index (χ4v) is 3.32. The molecular weight excluding hydrogens is 487 g/mol. The maximum atomic E-state index is 5.97. The molecule has 0 radical (unpaired) electrons. The molecule has 1 heterocycles. The average molecular weight is 510 g/mol. The molecule has 28 heavy (non-hydrogen) atoms. The van der Waals surface area contributed by atoms with Crippen LogP contribution in [0.15, 0.2) is 58.9 Å². The minimum atomic E-state index is 0. The predicted octanol–water partition coefficient (Wildman–Crippen LogP) is 4.05. The number of hydrogen-bond donors (Lipinski definition) is 2. The molecule has 0 amide bonds. The third kappa shape index (κ3) is 5.83. The van der Waals surface area contributed by atoms with Crippen molar-refractivity contribution in [2.24, 2.45) is 10.7 Å². The van der Waals surface area contributed by atoms with Gasteiger partial charge in [0, 0.05) is 10.9 Å². The van der Waals surface area contributed by atoms with Gasteiger partial charge in [-0.15, -0.1) is 35.3 Å². The number of aliphatic imine (C=N–C) groups is 1. The van der Waals surface area contributed by atoms with Crippen molar-refractivity contribution in [2.75, 3.05) is 14.2 Å².